The summed E-state index contributed by atoms with van der Waals surface area (Å²) in [5, 5.41) is 21.3. The molecule has 8 nitrogen and oxygen atoms in total. The van der Waals surface area contributed by atoms with Gasteiger partial charge in [0, 0.05) is 36.5 Å². The van der Waals surface area contributed by atoms with Crippen molar-refractivity contribution in [2.24, 2.45) is 0 Å². The van der Waals surface area contributed by atoms with Crippen LogP contribution in [0.2, 0.25) is 0 Å². The van der Waals surface area contributed by atoms with Crippen molar-refractivity contribution in [3.63, 3.8) is 0 Å². The van der Waals surface area contributed by atoms with Crippen LogP contribution >= 0.6 is 0 Å². The topological polar surface area (TPSA) is 100 Å². The number of fused-ring (bicyclic) bond motifs is 2. The summed E-state index contributed by atoms with van der Waals surface area (Å²) in [7, 11) is 0. The minimum atomic E-state index is -0.237. The van der Waals surface area contributed by atoms with Gasteiger partial charge in [0.25, 0.3) is 11.8 Å². The van der Waals surface area contributed by atoms with Gasteiger partial charge in [-0.25, -0.2) is 0 Å². The van der Waals surface area contributed by atoms with E-state index >= 15 is 0 Å². The third-order valence-corrected chi connectivity index (χ3v) is 7.63. The molecular weight excluding hydrogens is 430 g/mol. The van der Waals surface area contributed by atoms with Gasteiger partial charge in [0.15, 0.2) is 0 Å². The number of carbonyl (C=O) groups is 2. The maximum Gasteiger partial charge on any atom is 0.289 e. The van der Waals surface area contributed by atoms with E-state index < -0.39 is 0 Å². The summed E-state index contributed by atoms with van der Waals surface area (Å²) in [6, 6.07) is 16.9. The van der Waals surface area contributed by atoms with E-state index in [2.05, 4.69) is 27.6 Å². The van der Waals surface area contributed by atoms with Crippen molar-refractivity contribution in [3.05, 3.63) is 77.4 Å². The Morgan fingerprint density at radius 1 is 1.00 bits per heavy atom. The number of phenolic OH excluding ortho intramolecular Hbond substituents is 1. The second-order valence-corrected chi connectivity index (χ2v) is 9.63. The molecule has 2 N–H and O–H groups in total. The van der Waals surface area contributed by atoms with Gasteiger partial charge < -0.3 is 19.9 Å². The van der Waals surface area contributed by atoms with Crippen molar-refractivity contribution in [1.82, 2.24) is 25.0 Å². The lowest BCUT2D eigenvalue weighted by atomic mass is 9.71. The van der Waals surface area contributed by atoms with Crippen LogP contribution in [0, 0.1) is 0 Å². The average Bonchev–Trinajstić information content (AvgIpc) is 3.51. The molecule has 2 aromatic carbocycles. The minimum absolute atomic E-state index is 0.0664. The predicted molar refractivity (Wildman–Crippen MR) is 124 cm³/mol. The number of phenols is 1. The van der Waals surface area contributed by atoms with Crippen molar-refractivity contribution in [2.75, 3.05) is 6.54 Å². The zero-order valence-corrected chi connectivity index (χ0v) is 18.9. The summed E-state index contributed by atoms with van der Waals surface area (Å²) in [5.41, 5.74) is 1.52. The third kappa shape index (κ3) is 3.45. The fourth-order valence-electron chi connectivity index (χ4n) is 5.64. The van der Waals surface area contributed by atoms with Crippen LogP contribution in [0.5, 0.6) is 5.75 Å². The molecule has 2 aliphatic heterocycles. The zero-order chi connectivity index (χ0) is 23.3. The lowest BCUT2D eigenvalue weighted by Gasteiger charge is -2.37. The molecule has 0 radical (unpaired) electrons. The van der Waals surface area contributed by atoms with Gasteiger partial charge in [-0.15, -0.1) is 10.2 Å². The average molecular weight is 458 g/mol. The highest BCUT2D eigenvalue weighted by molar-refractivity contribution is 5.95. The monoisotopic (exact) mass is 457 g/mol. The van der Waals surface area contributed by atoms with E-state index in [9.17, 15) is 14.7 Å². The Morgan fingerprint density at radius 2 is 1.76 bits per heavy atom. The summed E-state index contributed by atoms with van der Waals surface area (Å²) in [4.78, 5) is 28.5. The van der Waals surface area contributed by atoms with Crippen LogP contribution < -0.4 is 5.32 Å². The lowest BCUT2D eigenvalue weighted by molar-refractivity contribution is 0.0688. The Bertz CT molecular complexity index is 1240. The first-order valence-electron chi connectivity index (χ1n) is 11.9. The molecule has 0 bridgehead atoms. The number of hydrogen-bond acceptors (Lipinski definition) is 5. The predicted octanol–water partition coefficient (Wildman–Crippen LogP) is 2.67. The second-order valence-electron chi connectivity index (χ2n) is 9.63. The number of carbonyl (C=O) groups excluding carboxylic acids is 2. The molecule has 3 aliphatic rings. The quantitative estimate of drug-likeness (QED) is 0.628. The first-order valence-corrected chi connectivity index (χ1v) is 11.9. The number of rotatable bonds is 4. The van der Waals surface area contributed by atoms with E-state index in [0.717, 1.165) is 31.5 Å². The zero-order valence-electron chi connectivity index (χ0n) is 18.9. The largest absolute Gasteiger partial charge is 0.508 e. The molecule has 1 aromatic heterocycles. The molecule has 174 valence electrons. The molecule has 34 heavy (non-hydrogen) atoms. The maximum atomic E-state index is 13.6. The maximum absolute atomic E-state index is 13.6. The van der Waals surface area contributed by atoms with Crippen molar-refractivity contribution in [2.45, 2.75) is 56.1 Å². The minimum Gasteiger partial charge on any atom is -0.508 e. The Labute approximate surface area is 197 Å². The van der Waals surface area contributed by atoms with Crippen LogP contribution in [-0.4, -0.2) is 55.2 Å². The smallest absolute Gasteiger partial charge is 0.289 e. The molecule has 2 atom stereocenters. The molecule has 1 saturated carbocycles. The van der Waals surface area contributed by atoms with Gasteiger partial charge in [0.2, 0.25) is 5.82 Å². The molecule has 8 heteroatoms. The van der Waals surface area contributed by atoms with E-state index in [1.54, 1.807) is 24.3 Å². The first kappa shape index (κ1) is 20.9. The number of aryl methyl sites for hydroxylation is 1. The molecule has 6 rings (SSSR count). The van der Waals surface area contributed by atoms with Gasteiger partial charge >= 0.3 is 0 Å². The number of benzene rings is 2. The van der Waals surface area contributed by atoms with Crippen molar-refractivity contribution in [1.29, 1.82) is 0 Å². The number of likely N-dealkylation sites (tertiary alicyclic amines) is 1. The molecule has 2 fully saturated rings. The summed E-state index contributed by atoms with van der Waals surface area (Å²) < 4.78 is 1.93. The first-order chi connectivity index (χ1) is 16.5. The standard InChI is InChI=1S/C26H27N5O3/c32-20-10-6-17(7-11-20)25(34)30-15-14-26(18-4-2-1-3-5-18)13-12-22-28-29-23(31(22)16-21(26)30)24(33)27-19-8-9-19/h1-7,10-11,19,21,32H,8-9,12-16H2,(H,27,33)/t21-,26-/m0/s1. The van der Waals surface area contributed by atoms with Crippen LogP contribution in [0.3, 0.4) is 0 Å². The summed E-state index contributed by atoms with van der Waals surface area (Å²) >= 11 is 0. The molecule has 0 unspecified atom stereocenters. The second kappa shape index (κ2) is 7.97. The Balaban J connectivity index is 1.40. The SMILES string of the molecule is O=C(NC1CC1)c1nnc2n1C[C@@H]1N(C(=O)c3ccc(O)cc3)CC[C@]1(c1ccccc1)CC2. The van der Waals surface area contributed by atoms with Gasteiger partial charge in [0.05, 0.1) is 6.04 Å². The normalized spacial score (nSPS) is 23.6. The Kier molecular flexibility index (Phi) is 4.90. The van der Waals surface area contributed by atoms with Crippen LogP contribution in [0.15, 0.2) is 54.6 Å². The molecule has 1 aliphatic carbocycles. The molecule has 1 saturated heterocycles. The molecule has 2 amide bonds. The molecular formula is C26H27N5O3. The van der Waals surface area contributed by atoms with Crippen LogP contribution in [0.1, 0.15) is 58.0 Å². The third-order valence-electron chi connectivity index (χ3n) is 7.63. The summed E-state index contributed by atoms with van der Waals surface area (Å²) in [5.74, 6) is 0.995. The fraction of sp³-hybridized carbons (Fsp3) is 0.385. The van der Waals surface area contributed by atoms with E-state index in [0.29, 0.717) is 30.9 Å². The summed E-state index contributed by atoms with van der Waals surface area (Å²) in [6.07, 6.45) is 4.36. The Hall–Kier alpha value is -3.68. The molecule has 0 spiro atoms. The number of aromatic hydroxyl groups is 1. The van der Waals surface area contributed by atoms with Crippen LogP contribution in [0.25, 0.3) is 0 Å². The molecule has 3 heterocycles. The number of nitrogens with one attached hydrogen (secondary N) is 1. The highest BCUT2D eigenvalue weighted by atomic mass is 16.3. The van der Waals surface area contributed by atoms with E-state index in [-0.39, 0.29) is 35.1 Å². The van der Waals surface area contributed by atoms with Crippen molar-refractivity contribution >= 4 is 11.8 Å². The van der Waals surface area contributed by atoms with Gasteiger partial charge in [-0.2, -0.15) is 0 Å². The van der Waals surface area contributed by atoms with Crippen LogP contribution in [0.4, 0.5) is 0 Å². The van der Waals surface area contributed by atoms with E-state index in [4.69, 9.17) is 0 Å². The number of nitrogens with zero attached hydrogens (tertiary/aromatic N) is 4. The van der Waals surface area contributed by atoms with Gasteiger partial charge in [-0.05, 0) is 55.5 Å². The number of amides is 2. The molecule has 3 aromatic rings. The van der Waals surface area contributed by atoms with Crippen molar-refractivity contribution < 1.29 is 14.7 Å². The highest BCUT2D eigenvalue weighted by Crippen LogP contribution is 2.46. The van der Waals surface area contributed by atoms with Gasteiger partial charge in [-0.1, -0.05) is 30.3 Å². The Morgan fingerprint density at radius 3 is 2.50 bits per heavy atom. The van der Waals surface area contributed by atoms with Gasteiger partial charge in [0.1, 0.15) is 11.6 Å². The van der Waals surface area contributed by atoms with Gasteiger partial charge in [-0.3, -0.25) is 9.59 Å². The van der Waals surface area contributed by atoms with Crippen LogP contribution in [-0.2, 0) is 18.4 Å². The van der Waals surface area contributed by atoms with E-state index in [1.807, 2.05) is 27.7 Å². The fourth-order valence-corrected chi connectivity index (χ4v) is 5.64. The number of aromatic nitrogens is 3. The number of hydrogen-bond donors (Lipinski definition) is 2. The van der Waals surface area contributed by atoms with Crippen molar-refractivity contribution in [3.8, 4) is 5.75 Å². The van der Waals surface area contributed by atoms with E-state index in [1.165, 1.54) is 5.56 Å². The summed E-state index contributed by atoms with van der Waals surface area (Å²) in [6.45, 7) is 1.09. The highest BCUT2D eigenvalue weighted by Gasteiger charge is 2.52. The lowest BCUT2D eigenvalue weighted by Crippen LogP contribution is -2.47.